The summed E-state index contributed by atoms with van der Waals surface area (Å²) in [6.45, 7) is 0. The molecule has 2 aromatic carbocycles. The van der Waals surface area contributed by atoms with Gasteiger partial charge in [0.25, 0.3) is 0 Å². The number of fused-ring (bicyclic) bond motifs is 1. The van der Waals surface area contributed by atoms with Crippen LogP contribution in [0.3, 0.4) is 0 Å². The largest absolute Gasteiger partial charge is 0.435 e. The standard InChI is InChI=1S/C17H10ClF3N4O2S2/c18-11-2-1-3-12-15(11)28-16(23-12)13-8-14(17(19,20)21)24-25(13)9-4-6-10(7-5-9)29(22,26)27/h1-8H,(H2,22,26,27). The Labute approximate surface area is 171 Å². The van der Waals surface area contributed by atoms with Crippen molar-refractivity contribution >= 4 is 43.2 Å². The van der Waals surface area contributed by atoms with Crippen LogP contribution >= 0.6 is 22.9 Å². The first-order chi connectivity index (χ1) is 13.5. The maximum atomic E-state index is 13.3. The monoisotopic (exact) mass is 458 g/mol. The third-order valence-electron chi connectivity index (χ3n) is 4.00. The molecule has 4 rings (SSSR count). The van der Waals surface area contributed by atoms with Crippen molar-refractivity contribution in [2.24, 2.45) is 5.14 Å². The normalized spacial score (nSPS) is 12.6. The lowest BCUT2D eigenvalue weighted by Crippen LogP contribution is -2.12. The molecule has 0 saturated carbocycles. The molecule has 0 atom stereocenters. The van der Waals surface area contributed by atoms with E-state index in [0.29, 0.717) is 15.2 Å². The van der Waals surface area contributed by atoms with Crippen molar-refractivity contribution in [2.75, 3.05) is 0 Å². The molecule has 2 aromatic heterocycles. The minimum Gasteiger partial charge on any atom is -0.234 e. The number of rotatable bonds is 3. The van der Waals surface area contributed by atoms with E-state index in [-0.39, 0.29) is 21.3 Å². The Kier molecular flexibility index (Phi) is 4.65. The van der Waals surface area contributed by atoms with Crippen molar-refractivity contribution in [2.45, 2.75) is 11.1 Å². The summed E-state index contributed by atoms with van der Waals surface area (Å²) in [5, 5.41) is 9.44. The van der Waals surface area contributed by atoms with Gasteiger partial charge in [0.1, 0.15) is 10.7 Å². The quantitative estimate of drug-likeness (QED) is 0.490. The summed E-state index contributed by atoms with van der Waals surface area (Å²) in [5.74, 6) is 0. The molecule has 29 heavy (non-hydrogen) atoms. The lowest BCUT2D eigenvalue weighted by Gasteiger charge is -2.06. The summed E-state index contributed by atoms with van der Waals surface area (Å²) in [6, 6.07) is 11.0. The molecular weight excluding hydrogens is 449 g/mol. The number of alkyl halides is 3. The number of hydrogen-bond donors (Lipinski definition) is 1. The van der Waals surface area contributed by atoms with Crippen LogP contribution in [0.2, 0.25) is 5.02 Å². The van der Waals surface area contributed by atoms with E-state index in [1.54, 1.807) is 18.2 Å². The van der Waals surface area contributed by atoms with E-state index in [1.807, 2.05) is 0 Å². The average Bonchev–Trinajstić information content (AvgIpc) is 3.26. The smallest absolute Gasteiger partial charge is 0.234 e. The first kappa shape index (κ1) is 19.8. The first-order valence-corrected chi connectivity index (χ1v) is 10.6. The van der Waals surface area contributed by atoms with Gasteiger partial charge in [-0.1, -0.05) is 17.7 Å². The van der Waals surface area contributed by atoms with Crippen LogP contribution in [-0.2, 0) is 16.2 Å². The zero-order chi connectivity index (χ0) is 21.0. The Morgan fingerprint density at radius 1 is 1.10 bits per heavy atom. The van der Waals surface area contributed by atoms with Gasteiger partial charge in [-0.3, -0.25) is 0 Å². The number of nitrogens with two attached hydrogens (primary N) is 1. The maximum Gasteiger partial charge on any atom is 0.435 e. The fourth-order valence-electron chi connectivity index (χ4n) is 2.67. The maximum absolute atomic E-state index is 13.3. The van der Waals surface area contributed by atoms with Gasteiger partial charge in [-0.2, -0.15) is 18.3 Å². The van der Waals surface area contributed by atoms with Crippen LogP contribution in [0, 0.1) is 0 Å². The van der Waals surface area contributed by atoms with Gasteiger partial charge in [-0.15, -0.1) is 11.3 Å². The Bertz CT molecular complexity index is 1330. The van der Waals surface area contributed by atoms with E-state index in [4.69, 9.17) is 16.7 Å². The minimum absolute atomic E-state index is 0.0953. The van der Waals surface area contributed by atoms with Crippen LogP contribution in [0.5, 0.6) is 0 Å². The van der Waals surface area contributed by atoms with Crippen molar-refractivity contribution in [1.82, 2.24) is 14.8 Å². The zero-order valence-corrected chi connectivity index (χ0v) is 16.6. The van der Waals surface area contributed by atoms with Crippen LogP contribution in [-0.4, -0.2) is 23.2 Å². The highest BCUT2D eigenvalue weighted by molar-refractivity contribution is 7.89. The molecule has 2 heterocycles. The highest BCUT2D eigenvalue weighted by atomic mass is 35.5. The zero-order valence-electron chi connectivity index (χ0n) is 14.2. The Morgan fingerprint density at radius 3 is 2.38 bits per heavy atom. The molecule has 0 saturated heterocycles. The van der Waals surface area contributed by atoms with E-state index in [1.165, 1.54) is 24.3 Å². The minimum atomic E-state index is -4.67. The van der Waals surface area contributed by atoms with Crippen LogP contribution in [0.1, 0.15) is 5.69 Å². The van der Waals surface area contributed by atoms with Gasteiger partial charge in [-0.05, 0) is 42.5 Å². The molecule has 0 bridgehead atoms. The second-order valence-corrected chi connectivity index (χ2v) is 8.94. The molecule has 2 N–H and O–H groups in total. The van der Waals surface area contributed by atoms with Gasteiger partial charge >= 0.3 is 6.18 Å². The number of halogens is 4. The summed E-state index contributed by atoms with van der Waals surface area (Å²) in [7, 11) is -3.94. The summed E-state index contributed by atoms with van der Waals surface area (Å²) in [5.41, 5.74) is -0.247. The number of aromatic nitrogens is 3. The predicted molar refractivity (Wildman–Crippen MR) is 104 cm³/mol. The number of hydrogen-bond acceptors (Lipinski definition) is 5. The lowest BCUT2D eigenvalue weighted by molar-refractivity contribution is -0.141. The number of benzene rings is 2. The molecule has 0 aliphatic rings. The number of nitrogens with zero attached hydrogens (tertiary/aromatic N) is 3. The molecule has 4 aromatic rings. The van der Waals surface area contributed by atoms with E-state index in [9.17, 15) is 21.6 Å². The van der Waals surface area contributed by atoms with Crippen molar-refractivity contribution in [1.29, 1.82) is 0 Å². The van der Waals surface area contributed by atoms with E-state index in [2.05, 4.69) is 10.1 Å². The molecular formula is C17H10ClF3N4O2S2. The van der Waals surface area contributed by atoms with Crippen molar-refractivity contribution in [3.05, 3.63) is 59.2 Å². The second kappa shape index (κ2) is 6.80. The summed E-state index contributed by atoms with van der Waals surface area (Å²) in [4.78, 5) is 4.20. The molecule has 6 nitrogen and oxygen atoms in total. The lowest BCUT2D eigenvalue weighted by atomic mass is 10.3. The van der Waals surface area contributed by atoms with E-state index < -0.39 is 21.9 Å². The van der Waals surface area contributed by atoms with Gasteiger partial charge in [-0.25, -0.2) is 23.2 Å². The number of thiazole rings is 1. The Morgan fingerprint density at radius 2 is 1.79 bits per heavy atom. The van der Waals surface area contributed by atoms with E-state index in [0.717, 1.165) is 22.1 Å². The van der Waals surface area contributed by atoms with Gasteiger partial charge in [0, 0.05) is 0 Å². The molecule has 0 aliphatic heterocycles. The summed E-state index contributed by atoms with van der Waals surface area (Å²) < 4.78 is 64.4. The fourth-order valence-corrected chi connectivity index (χ4v) is 4.44. The van der Waals surface area contributed by atoms with Crippen LogP contribution in [0.25, 0.3) is 26.6 Å². The molecule has 0 fully saturated rings. The molecule has 0 unspecified atom stereocenters. The van der Waals surface area contributed by atoms with Gasteiger partial charge < -0.3 is 0 Å². The molecule has 0 radical (unpaired) electrons. The predicted octanol–water partition coefficient (Wildman–Crippen LogP) is 4.47. The fraction of sp³-hybridized carbons (Fsp3) is 0.0588. The molecule has 0 aliphatic carbocycles. The Balaban J connectivity index is 1.91. The topological polar surface area (TPSA) is 90.9 Å². The Hall–Kier alpha value is -2.47. The first-order valence-electron chi connectivity index (χ1n) is 7.90. The highest BCUT2D eigenvalue weighted by Gasteiger charge is 2.35. The third-order valence-corrected chi connectivity index (χ3v) is 6.48. The van der Waals surface area contributed by atoms with Gasteiger partial charge in [0.2, 0.25) is 10.0 Å². The van der Waals surface area contributed by atoms with Crippen LogP contribution in [0.15, 0.2) is 53.4 Å². The molecule has 150 valence electrons. The van der Waals surface area contributed by atoms with Crippen molar-refractivity contribution in [3.8, 4) is 16.4 Å². The van der Waals surface area contributed by atoms with Crippen LogP contribution in [0.4, 0.5) is 13.2 Å². The number of sulfonamides is 1. The average molecular weight is 459 g/mol. The van der Waals surface area contributed by atoms with Crippen molar-refractivity contribution < 1.29 is 21.6 Å². The summed E-state index contributed by atoms with van der Waals surface area (Å²) >= 11 is 7.28. The molecule has 12 heteroatoms. The molecule has 0 amide bonds. The van der Waals surface area contributed by atoms with E-state index >= 15 is 0 Å². The highest BCUT2D eigenvalue weighted by Crippen LogP contribution is 2.38. The van der Waals surface area contributed by atoms with Gasteiger partial charge in [0.15, 0.2) is 5.69 Å². The van der Waals surface area contributed by atoms with Crippen LogP contribution < -0.4 is 5.14 Å². The van der Waals surface area contributed by atoms with Crippen molar-refractivity contribution in [3.63, 3.8) is 0 Å². The molecule has 0 spiro atoms. The summed E-state index contributed by atoms with van der Waals surface area (Å²) in [6.07, 6.45) is -4.67. The second-order valence-electron chi connectivity index (χ2n) is 5.97. The third kappa shape index (κ3) is 3.73. The number of primary sulfonamides is 1. The SMILES string of the molecule is NS(=O)(=O)c1ccc(-n2nc(C(F)(F)F)cc2-c2nc3cccc(Cl)c3s2)cc1. The van der Waals surface area contributed by atoms with Gasteiger partial charge in [0.05, 0.1) is 25.8 Å².